The van der Waals surface area contributed by atoms with Crippen LogP contribution >= 0.6 is 0 Å². The topological polar surface area (TPSA) is 43.3 Å². The molecule has 0 fully saturated rings. The van der Waals surface area contributed by atoms with Gasteiger partial charge in [-0.05, 0) is 26.0 Å². The smallest absolute Gasteiger partial charge is 0.161 e. The summed E-state index contributed by atoms with van der Waals surface area (Å²) in [5.74, 6) is 0. The molecule has 0 aliphatic heterocycles. The zero-order valence-electron chi connectivity index (χ0n) is 10.5. The molecule has 2 N–H and O–H groups in total. The van der Waals surface area contributed by atoms with Crippen molar-refractivity contribution >= 4 is 11.3 Å². The minimum absolute atomic E-state index is 0.714. The van der Waals surface area contributed by atoms with E-state index in [1.54, 1.807) is 0 Å². The van der Waals surface area contributed by atoms with Crippen LogP contribution in [0.5, 0.6) is 0 Å². The monoisotopic (exact) mass is 237 g/mol. The van der Waals surface area contributed by atoms with Crippen molar-refractivity contribution < 1.29 is 0 Å². The Hall–Kier alpha value is -2.29. The fourth-order valence-electron chi connectivity index (χ4n) is 2.36. The van der Waals surface area contributed by atoms with E-state index in [-0.39, 0.29) is 0 Å². The van der Waals surface area contributed by atoms with Crippen molar-refractivity contribution in [1.29, 1.82) is 0 Å². The second kappa shape index (κ2) is 3.88. The van der Waals surface area contributed by atoms with Gasteiger partial charge in [0.05, 0.1) is 11.4 Å². The summed E-state index contributed by atoms with van der Waals surface area (Å²) in [6.07, 6.45) is 0. The summed E-state index contributed by atoms with van der Waals surface area (Å²) in [6, 6.07) is 14.1. The van der Waals surface area contributed by atoms with Gasteiger partial charge in [-0.1, -0.05) is 30.3 Å². The van der Waals surface area contributed by atoms with Gasteiger partial charge in [0.1, 0.15) is 0 Å². The highest BCUT2D eigenvalue weighted by Gasteiger charge is 2.13. The minimum Gasteiger partial charge on any atom is -0.396 e. The van der Waals surface area contributed by atoms with Gasteiger partial charge in [-0.2, -0.15) is 0 Å². The molecule has 0 unspecified atom stereocenters. The molecule has 0 saturated carbocycles. The van der Waals surface area contributed by atoms with Gasteiger partial charge in [0, 0.05) is 17.0 Å². The van der Waals surface area contributed by atoms with Crippen molar-refractivity contribution in [2.75, 3.05) is 5.73 Å². The van der Waals surface area contributed by atoms with Crippen LogP contribution in [-0.2, 0) is 0 Å². The highest BCUT2D eigenvalue weighted by atomic mass is 15.0. The van der Waals surface area contributed by atoms with Crippen LogP contribution < -0.4 is 5.73 Å². The molecule has 1 aromatic carbocycles. The molecule has 18 heavy (non-hydrogen) atoms. The Balaban J connectivity index is 2.37. The van der Waals surface area contributed by atoms with E-state index in [4.69, 9.17) is 5.73 Å². The number of nitrogen functional groups attached to an aromatic ring is 1. The molecule has 0 amide bonds. The number of aromatic nitrogens is 2. The van der Waals surface area contributed by atoms with Crippen molar-refractivity contribution in [2.24, 2.45) is 0 Å². The summed E-state index contributed by atoms with van der Waals surface area (Å²) in [7, 11) is 0. The molecule has 2 aromatic heterocycles. The first-order chi connectivity index (χ1) is 8.68. The molecule has 0 radical (unpaired) electrons. The number of anilines is 1. The molecule has 0 bridgehead atoms. The normalized spacial score (nSPS) is 11.0. The van der Waals surface area contributed by atoms with Gasteiger partial charge in [-0.15, -0.1) is 0 Å². The lowest BCUT2D eigenvalue weighted by Gasteiger charge is -2.04. The predicted molar refractivity (Wildman–Crippen MR) is 74.5 cm³/mol. The first-order valence-corrected chi connectivity index (χ1v) is 5.98. The van der Waals surface area contributed by atoms with Gasteiger partial charge in [-0.3, -0.25) is 4.40 Å². The second-order valence-electron chi connectivity index (χ2n) is 4.50. The van der Waals surface area contributed by atoms with Crippen molar-refractivity contribution in [3.8, 4) is 11.3 Å². The van der Waals surface area contributed by atoms with E-state index >= 15 is 0 Å². The highest BCUT2D eigenvalue weighted by Crippen LogP contribution is 2.26. The Kier molecular flexibility index (Phi) is 2.33. The third-order valence-electron chi connectivity index (χ3n) is 3.27. The van der Waals surface area contributed by atoms with Gasteiger partial charge in [0.2, 0.25) is 0 Å². The quantitative estimate of drug-likeness (QED) is 0.706. The fraction of sp³-hybridized carbons (Fsp3) is 0.133. The number of hydrogen-bond donors (Lipinski definition) is 1. The van der Waals surface area contributed by atoms with Crippen LogP contribution in [0.25, 0.3) is 16.9 Å². The van der Waals surface area contributed by atoms with Crippen molar-refractivity contribution in [3.63, 3.8) is 0 Å². The maximum absolute atomic E-state index is 6.00. The number of rotatable bonds is 1. The van der Waals surface area contributed by atoms with Crippen LogP contribution in [0.2, 0.25) is 0 Å². The molecule has 3 heteroatoms. The van der Waals surface area contributed by atoms with Crippen LogP contribution in [0.15, 0.2) is 42.5 Å². The van der Waals surface area contributed by atoms with Crippen LogP contribution in [-0.4, -0.2) is 9.38 Å². The van der Waals surface area contributed by atoms with Crippen LogP contribution in [0.3, 0.4) is 0 Å². The summed E-state index contributed by atoms with van der Waals surface area (Å²) in [4.78, 5) is 4.68. The molecule has 0 saturated heterocycles. The lowest BCUT2D eigenvalue weighted by atomic mass is 10.1. The van der Waals surface area contributed by atoms with E-state index in [1.807, 2.05) is 30.3 Å². The Morgan fingerprint density at radius 1 is 1.00 bits per heavy atom. The maximum Gasteiger partial charge on any atom is 0.161 e. The number of fused-ring (bicyclic) bond motifs is 1. The van der Waals surface area contributed by atoms with Crippen LogP contribution in [0.1, 0.15) is 11.4 Å². The Labute approximate surface area is 106 Å². The number of nitrogens with two attached hydrogens (primary N) is 1. The molecule has 3 nitrogen and oxygen atoms in total. The van der Waals surface area contributed by atoms with Crippen LogP contribution in [0, 0.1) is 13.8 Å². The largest absolute Gasteiger partial charge is 0.396 e. The van der Waals surface area contributed by atoms with E-state index in [0.717, 1.165) is 28.3 Å². The lowest BCUT2D eigenvalue weighted by molar-refractivity contribution is 1.04. The molecule has 0 spiro atoms. The molecular weight excluding hydrogens is 222 g/mol. The molecular formula is C15H15N3. The first-order valence-electron chi connectivity index (χ1n) is 5.98. The number of benzene rings is 1. The standard InChI is InChI=1S/C15H15N3/c1-10-8-9-13(16)15-17-14(11(2)18(10)15)12-6-4-3-5-7-12/h3-9H,16H2,1-2H3. The summed E-state index contributed by atoms with van der Waals surface area (Å²) in [5, 5.41) is 0. The van der Waals surface area contributed by atoms with Gasteiger partial charge in [-0.25, -0.2) is 4.98 Å². The number of hydrogen-bond acceptors (Lipinski definition) is 2. The zero-order valence-corrected chi connectivity index (χ0v) is 10.5. The van der Waals surface area contributed by atoms with Crippen molar-refractivity contribution in [1.82, 2.24) is 9.38 Å². The van der Waals surface area contributed by atoms with E-state index < -0.39 is 0 Å². The van der Waals surface area contributed by atoms with Crippen LogP contribution in [0.4, 0.5) is 5.69 Å². The molecule has 0 aliphatic rings. The SMILES string of the molecule is Cc1ccc(N)c2nc(-c3ccccc3)c(C)n12. The molecule has 3 rings (SSSR count). The molecule has 0 atom stereocenters. The number of imidazole rings is 1. The highest BCUT2D eigenvalue weighted by molar-refractivity contribution is 5.73. The third kappa shape index (κ3) is 1.48. The van der Waals surface area contributed by atoms with Gasteiger partial charge in [0.25, 0.3) is 0 Å². The number of nitrogens with zero attached hydrogens (tertiary/aromatic N) is 2. The summed E-state index contributed by atoms with van der Waals surface area (Å²) in [5.41, 5.74) is 11.9. The second-order valence-corrected chi connectivity index (χ2v) is 4.50. The number of pyridine rings is 1. The van der Waals surface area contributed by atoms with Gasteiger partial charge >= 0.3 is 0 Å². The average molecular weight is 237 g/mol. The summed E-state index contributed by atoms with van der Waals surface area (Å²) in [6.45, 7) is 4.14. The van der Waals surface area contributed by atoms with E-state index in [1.165, 1.54) is 0 Å². The Bertz CT molecular complexity index is 711. The first kappa shape index (κ1) is 10.8. The number of aryl methyl sites for hydroxylation is 2. The fourth-order valence-corrected chi connectivity index (χ4v) is 2.36. The zero-order chi connectivity index (χ0) is 12.7. The molecule has 90 valence electrons. The van der Waals surface area contributed by atoms with Crippen molar-refractivity contribution in [3.05, 3.63) is 53.9 Å². The van der Waals surface area contributed by atoms with Crippen molar-refractivity contribution in [2.45, 2.75) is 13.8 Å². The van der Waals surface area contributed by atoms with E-state index in [2.05, 4.69) is 35.4 Å². The third-order valence-corrected chi connectivity index (χ3v) is 3.27. The minimum atomic E-state index is 0.714. The maximum atomic E-state index is 6.00. The van der Waals surface area contributed by atoms with Gasteiger partial charge < -0.3 is 5.73 Å². The van der Waals surface area contributed by atoms with E-state index in [0.29, 0.717) is 5.69 Å². The predicted octanol–water partition coefficient (Wildman–Crippen LogP) is 3.20. The van der Waals surface area contributed by atoms with Gasteiger partial charge in [0.15, 0.2) is 5.65 Å². The summed E-state index contributed by atoms with van der Waals surface area (Å²) >= 11 is 0. The Morgan fingerprint density at radius 2 is 1.72 bits per heavy atom. The Morgan fingerprint density at radius 3 is 2.39 bits per heavy atom. The molecule has 0 aliphatic carbocycles. The van der Waals surface area contributed by atoms with E-state index in [9.17, 15) is 0 Å². The average Bonchev–Trinajstić information content (AvgIpc) is 2.74. The molecule has 2 heterocycles. The molecule has 3 aromatic rings. The lowest BCUT2D eigenvalue weighted by Crippen LogP contribution is -1.97. The summed E-state index contributed by atoms with van der Waals surface area (Å²) < 4.78 is 2.11.